The Morgan fingerprint density at radius 2 is 1.87 bits per heavy atom. The van der Waals surface area contributed by atoms with Crippen molar-refractivity contribution < 1.29 is 14.4 Å². The highest BCUT2D eigenvalue weighted by atomic mass is 16.2. The number of benzene rings is 1. The Hall–Kier alpha value is -3.16. The Morgan fingerprint density at radius 3 is 2.65 bits per heavy atom. The molecule has 1 aromatic heterocycles. The zero-order valence-electron chi connectivity index (χ0n) is 17.9. The number of rotatable bonds is 6. The molecule has 0 N–H and O–H groups in total. The number of nitrogens with zero attached hydrogens (tertiary/aromatic N) is 5. The number of aromatic nitrogens is 2. The van der Waals surface area contributed by atoms with E-state index in [9.17, 15) is 14.4 Å². The zero-order chi connectivity index (χ0) is 21.8. The minimum Gasteiger partial charge on any atom is -0.335 e. The third kappa shape index (κ3) is 4.33. The first-order chi connectivity index (χ1) is 15.1. The van der Waals surface area contributed by atoms with Crippen molar-refractivity contribution in [3.63, 3.8) is 0 Å². The Kier molecular flexibility index (Phi) is 6.34. The molecule has 4 rings (SSSR count). The topological polar surface area (TPSA) is 78.8 Å². The largest absolute Gasteiger partial charge is 0.335 e. The van der Waals surface area contributed by atoms with Gasteiger partial charge in [0.1, 0.15) is 6.04 Å². The first-order valence-corrected chi connectivity index (χ1v) is 11.0. The van der Waals surface area contributed by atoms with Crippen molar-refractivity contribution in [2.45, 2.75) is 45.3 Å². The molecule has 1 saturated heterocycles. The van der Waals surface area contributed by atoms with Crippen molar-refractivity contribution in [2.24, 2.45) is 0 Å². The molecule has 3 amide bonds. The van der Waals surface area contributed by atoms with Gasteiger partial charge in [0.25, 0.3) is 0 Å². The number of hydrogen-bond donors (Lipinski definition) is 0. The minimum atomic E-state index is -0.805. The Bertz CT molecular complexity index is 942. The second-order valence-corrected chi connectivity index (χ2v) is 8.15. The number of unbranched alkanes of at least 4 members (excludes halogenated alkanes) is 1. The summed E-state index contributed by atoms with van der Waals surface area (Å²) in [6, 6.07) is 8.50. The van der Waals surface area contributed by atoms with Crippen molar-refractivity contribution in [2.75, 3.05) is 26.2 Å². The minimum absolute atomic E-state index is 0.149. The summed E-state index contributed by atoms with van der Waals surface area (Å²) in [5, 5.41) is 0. The molecule has 0 bridgehead atoms. The fraction of sp³-hybridized carbons (Fsp3) is 0.478. The van der Waals surface area contributed by atoms with Crippen LogP contribution in [0.5, 0.6) is 0 Å². The Labute approximate surface area is 182 Å². The lowest BCUT2D eigenvalue weighted by Crippen LogP contribution is -2.57. The lowest BCUT2D eigenvalue weighted by atomic mass is 10.0. The van der Waals surface area contributed by atoms with Crippen LogP contribution in [-0.4, -0.2) is 68.2 Å². The number of hydrogen-bond acceptors (Lipinski definition) is 4. The normalized spacial score (nSPS) is 18.0. The molecule has 0 spiro atoms. The van der Waals surface area contributed by atoms with Crippen molar-refractivity contribution in [3.8, 4) is 0 Å². The molecular weight excluding hydrogens is 394 g/mol. The summed E-state index contributed by atoms with van der Waals surface area (Å²) in [7, 11) is 0. The van der Waals surface area contributed by atoms with Crippen LogP contribution < -0.4 is 0 Å². The standard InChI is InChI=1S/C23H29N5O3/c1-2-3-10-25-13-14-28(23(31)22(25)30)20(18-8-5-4-6-9-18)21(29)26-11-7-12-27-17-24-15-19(27)16-26/h4-6,8-9,15,17,20H,2-3,7,10-14,16H2,1H3/t20-/m1/s1. The molecular formula is C23H29N5O3. The van der Waals surface area contributed by atoms with Gasteiger partial charge in [-0.2, -0.15) is 0 Å². The first-order valence-electron chi connectivity index (χ1n) is 11.0. The van der Waals surface area contributed by atoms with Crippen molar-refractivity contribution in [1.82, 2.24) is 24.3 Å². The quantitative estimate of drug-likeness (QED) is 0.664. The van der Waals surface area contributed by atoms with Crippen molar-refractivity contribution in [1.29, 1.82) is 0 Å². The summed E-state index contributed by atoms with van der Waals surface area (Å²) in [6.07, 6.45) is 6.20. The summed E-state index contributed by atoms with van der Waals surface area (Å²) >= 11 is 0. The molecule has 2 aliphatic heterocycles. The molecule has 0 unspecified atom stereocenters. The van der Waals surface area contributed by atoms with E-state index in [1.165, 1.54) is 4.90 Å². The van der Waals surface area contributed by atoms with Crippen LogP contribution in [0.1, 0.15) is 43.5 Å². The molecule has 8 nitrogen and oxygen atoms in total. The Morgan fingerprint density at radius 1 is 1.06 bits per heavy atom. The molecule has 0 saturated carbocycles. The van der Waals surface area contributed by atoms with Gasteiger partial charge in [-0.05, 0) is 18.4 Å². The van der Waals surface area contributed by atoms with Crippen LogP contribution in [-0.2, 0) is 27.5 Å². The van der Waals surface area contributed by atoms with Crippen molar-refractivity contribution >= 4 is 17.7 Å². The van der Waals surface area contributed by atoms with Gasteiger partial charge >= 0.3 is 11.8 Å². The van der Waals surface area contributed by atoms with Crippen LogP contribution in [0.3, 0.4) is 0 Å². The Balaban J connectivity index is 1.61. The fourth-order valence-electron chi connectivity index (χ4n) is 4.34. The molecule has 2 aromatic rings. The summed E-state index contributed by atoms with van der Waals surface area (Å²) in [4.78, 5) is 48.7. The monoisotopic (exact) mass is 423 g/mol. The second-order valence-electron chi connectivity index (χ2n) is 8.15. The van der Waals surface area contributed by atoms with Crippen LogP contribution in [0, 0.1) is 0 Å². The summed E-state index contributed by atoms with van der Waals surface area (Å²) in [6.45, 7) is 5.29. The second kappa shape index (κ2) is 9.32. The van der Waals surface area contributed by atoms with Gasteiger partial charge in [-0.3, -0.25) is 14.4 Å². The van der Waals surface area contributed by atoms with E-state index >= 15 is 0 Å². The molecule has 0 radical (unpaired) electrons. The maximum atomic E-state index is 13.8. The van der Waals surface area contributed by atoms with Crippen LogP contribution in [0.15, 0.2) is 42.9 Å². The third-order valence-corrected chi connectivity index (χ3v) is 6.07. The fourth-order valence-corrected chi connectivity index (χ4v) is 4.34. The highest BCUT2D eigenvalue weighted by Gasteiger charge is 2.41. The summed E-state index contributed by atoms with van der Waals surface area (Å²) in [5.74, 6) is -1.25. The van der Waals surface area contributed by atoms with Gasteiger partial charge in [0.15, 0.2) is 0 Å². The first kappa shape index (κ1) is 21.1. The van der Waals surface area contributed by atoms with E-state index in [0.29, 0.717) is 32.7 Å². The smallest absolute Gasteiger partial charge is 0.313 e. The zero-order valence-corrected chi connectivity index (χ0v) is 17.9. The van der Waals surface area contributed by atoms with E-state index in [1.54, 1.807) is 22.3 Å². The molecule has 31 heavy (non-hydrogen) atoms. The molecule has 1 fully saturated rings. The number of piperazine rings is 1. The van der Waals surface area contributed by atoms with E-state index in [2.05, 4.69) is 16.5 Å². The SMILES string of the molecule is CCCCN1CCN([C@@H](C(=O)N2CCCn3cncc3C2)c2ccccc2)C(=O)C1=O. The summed E-state index contributed by atoms with van der Waals surface area (Å²) in [5.41, 5.74) is 1.71. The number of amides is 3. The number of imidazole rings is 1. The van der Waals surface area contributed by atoms with E-state index in [4.69, 9.17) is 0 Å². The number of fused-ring (bicyclic) bond motifs is 1. The van der Waals surface area contributed by atoms with Gasteiger partial charge in [-0.25, -0.2) is 4.98 Å². The van der Waals surface area contributed by atoms with Crippen LogP contribution >= 0.6 is 0 Å². The van der Waals surface area contributed by atoms with Gasteiger partial charge in [-0.15, -0.1) is 0 Å². The van der Waals surface area contributed by atoms with Crippen LogP contribution in [0.2, 0.25) is 0 Å². The molecule has 1 aromatic carbocycles. The predicted molar refractivity (Wildman–Crippen MR) is 115 cm³/mol. The van der Waals surface area contributed by atoms with E-state index in [-0.39, 0.29) is 5.91 Å². The van der Waals surface area contributed by atoms with Crippen LogP contribution in [0.25, 0.3) is 0 Å². The number of carbonyl (C=O) groups is 3. The van der Waals surface area contributed by atoms with Gasteiger partial charge in [0.05, 0.1) is 18.6 Å². The lowest BCUT2D eigenvalue weighted by molar-refractivity contribution is -0.161. The highest BCUT2D eigenvalue weighted by molar-refractivity contribution is 6.35. The van der Waals surface area contributed by atoms with Gasteiger partial charge in [-0.1, -0.05) is 43.7 Å². The van der Waals surface area contributed by atoms with E-state index in [1.807, 2.05) is 30.3 Å². The molecule has 2 aliphatic rings. The average Bonchev–Trinajstić information content (AvgIpc) is 3.13. The van der Waals surface area contributed by atoms with Crippen molar-refractivity contribution in [3.05, 3.63) is 54.1 Å². The number of aryl methyl sites for hydroxylation is 1. The third-order valence-electron chi connectivity index (χ3n) is 6.07. The van der Waals surface area contributed by atoms with Gasteiger partial charge in [0.2, 0.25) is 5.91 Å². The van der Waals surface area contributed by atoms with Gasteiger partial charge in [0, 0.05) is 38.9 Å². The van der Waals surface area contributed by atoms with Gasteiger partial charge < -0.3 is 19.3 Å². The average molecular weight is 424 g/mol. The predicted octanol–water partition coefficient (Wildman–Crippen LogP) is 1.83. The van der Waals surface area contributed by atoms with Crippen LogP contribution in [0.4, 0.5) is 0 Å². The highest BCUT2D eigenvalue weighted by Crippen LogP contribution is 2.27. The molecule has 164 valence electrons. The van der Waals surface area contributed by atoms with E-state index in [0.717, 1.165) is 37.1 Å². The van der Waals surface area contributed by atoms with E-state index < -0.39 is 17.9 Å². The lowest BCUT2D eigenvalue weighted by Gasteiger charge is -2.39. The molecule has 1 atom stereocenters. The maximum absolute atomic E-state index is 13.8. The summed E-state index contributed by atoms with van der Waals surface area (Å²) < 4.78 is 2.06. The number of carbonyl (C=O) groups excluding carboxylic acids is 3. The maximum Gasteiger partial charge on any atom is 0.313 e. The molecule has 8 heteroatoms. The molecule has 3 heterocycles. The molecule has 0 aliphatic carbocycles.